The zero-order valence-corrected chi connectivity index (χ0v) is 11.8. The van der Waals surface area contributed by atoms with E-state index < -0.39 is 5.97 Å². The van der Waals surface area contributed by atoms with E-state index in [0.29, 0.717) is 29.4 Å². The third kappa shape index (κ3) is 2.99. The molecule has 1 aromatic rings. The second-order valence-electron chi connectivity index (χ2n) is 4.37. The standard InChI is InChI=1S/C15H17NO4/c1-4-7-19-13-6-5-11(9-14(13)18-3)8-12-10(2)16-20-15(12)17/h5-6,8-9H,4,7H2,1-3H3/b12-8+. The smallest absolute Gasteiger partial charge is 0.367 e. The van der Waals surface area contributed by atoms with Crippen LogP contribution in [0.15, 0.2) is 28.9 Å². The highest BCUT2D eigenvalue weighted by atomic mass is 16.7. The summed E-state index contributed by atoms with van der Waals surface area (Å²) in [5.74, 6) is 0.886. The van der Waals surface area contributed by atoms with E-state index in [-0.39, 0.29) is 0 Å². The van der Waals surface area contributed by atoms with Crippen LogP contribution in [0.2, 0.25) is 0 Å². The molecule has 1 aliphatic heterocycles. The van der Waals surface area contributed by atoms with Crippen LogP contribution in [0.4, 0.5) is 0 Å². The van der Waals surface area contributed by atoms with Crippen LogP contribution >= 0.6 is 0 Å². The molecule has 0 unspecified atom stereocenters. The Morgan fingerprint density at radius 1 is 1.35 bits per heavy atom. The lowest BCUT2D eigenvalue weighted by atomic mass is 10.1. The molecule has 0 N–H and O–H groups in total. The molecule has 0 saturated carbocycles. The molecule has 0 atom stereocenters. The third-order valence-electron chi connectivity index (χ3n) is 2.84. The fraction of sp³-hybridized carbons (Fsp3) is 0.333. The molecule has 1 aliphatic rings. The lowest BCUT2D eigenvalue weighted by Crippen LogP contribution is -2.02. The fourth-order valence-electron chi connectivity index (χ4n) is 1.79. The molecule has 5 nitrogen and oxygen atoms in total. The molecule has 106 valence electrons. The molecular formula is C15H17NO4. The van der Waals surface area contributed by atoms with Gasteiger partial charge in [-0.15, -0.1) is 0 Å². The monoisotopic (exact) mass is 275 g/mol. The van der Waals surface area contributed by atoms with E-state index >= 15 is 0 Å². The molecule has 0 aromatic heterocycles. The topological polar surface area (TPSA) is 57.1 Å². The van der Waals surface area contributed by atoms with Crippen LogP contribution in [-0.2, 0) is 9.63 Å². The van der Waals surface area contributed by atoms with E-state index in [0.717, 1.165) is 12.0 Å². The van der Waals surface area contributed by atoms with Gasteiger partial charge in [0.2, 0.25) is 0 Å². The van der Waals surface area contributed by atoms with E-state index in [2.05, 4.69) is 9.99 Å². The van der Waals surface area contributed by atoms with Crippen molar-refractivity contribution in [1.82, 2.24) is 0 Å². The number of ether oxygens (including phenoxy) is 2. The van der Waals surface area contributed by atoms with Crippen molar-refractivity contribution in [2.75, 3.05) is 13.7 Å². The Kier molecular flexibility index (Phi) is 4.40. The molecule has 0 spiro atoms. The van der Waals surface area contributed by atoms with Gasteiger partial charge in [0, 0.05) is 0 Å². The van der Waals surface area contributed by atoms with Crippen LogP contribution in [0.25, 0.3) is 6.08 Å². The van der Waals surface area contributed by atoms with Crippen LogP contribution in [-0.4, -0.2) is 25.4 Å². The van der Waals surface area contributed by atoms with Crippen LogP contribution in [0.5, 0.6) is 11.5 Å². The summed E-state index contributed by atoms with van der Waals surface area (Å²) in [6.45, 7) is 4.40. The van der Waals surface area contributed by atoms with Gasteiger partial charge in [-0.25, -0.2) is 4.79 Å². The van der Waals surface area contributed by atoms with Crippen molar-refractivity contribution in [2.24, 2.45) is 5.16 Å². The normalized spacial score (nSPS) is 16.1. The van der Waals surface area contributed by atoms with Gasteiger partial charge in [0.15, 0.2) is 11.5 Å². The molecule has 1 heterocycles. The third-order valence-corrected chi connectivity index (χ3v) is 2.84. The summed E-state index contributed by atoms with van der Waals surface area (Å²) in [7, 11) is 1.58. The van der Waals surface area contributed by atoms with Crippen LogP contribution in [0.1, 0.15) is 25.8 Å². The predicted molar refractivity (Wildman–Crippen MR) is 76.0 cm³/mol. The maximum atomic E-state index is 11.5. The minimum Gasteiger partial charge on any atom is -0.493 e. The summed E-state index contributed by atoms with van der Waals surface area (Å²) < 4.78 is 10.9. The Balaban J connectivity index is 2.28. The van der Waals surface area contributed by atoms with Crippen molar-refractivity contribution < 1.29 is 19.1 Å². The summed E-state index contributed by atoms with van der Waals surface area (Å²) in [5, 5.41) is 3.64. The molecule has 0 fully saturated rings. The molecule has 0 saturated heterocycles. The average molecular weight is 275 g/mol. The summed E-state index contributed by atoms with van der Waals surface area (Å²) in [6.07, 6.45) is 2.65. The first kappa shape index (κ1) is 14.1. The van der Waals surface area contributed by atoms with Crippen molar-refractivity contribution in [1.29, 1.82) is 0 Å². The number of methoxy groups -OCH3 is 1. The van der Waals surface area contributed by atoms with Gasteiger partial charge < -0.3 is 14.3 Å². The van der Waals surface area contributed by atoms with Crippen molar-refractivity contribution in [3.63, 3.8) is 0 Å². The highest BCUT2D eigenvalue weighted by molar-refractivity contribution is 6.24. The second kappa shape index (κ2) is 6.23. The first-order valence-electron chi connectivity index (χ1n) is 6.44. The summed E-state index contributed by atoms with van der Waals surface area (Å²) in [4.78, 5) is 16.1. The van der Waals surface area contributed by atoms with Gasteiger partial charge >= 0.3 is 5.97 Å². The molecule has 0 radical (unpaired) electrons. The van der Waals surface area contributed by atoms with Gasteiger partial charge in [0.25, 0.3) is 0 Å². The van der Waals surface area contributed by atoms with Crippen LogP contribution < -0.4 is 9.47 Å². The number of nitrogens with zero attached hydrogens (tertiary/aromatic N) is 1. The maximum Gasteiger partial charge on any atom is 0.367 e. The predicted octanol–water partition coefficient (Wildman–Crippen LogP) is 2.80. The molecule has 0 amide bonds. The Morgan fingerprint density at radius 3 is 2.75 bits per heavy atom. The number of rotatable bonds is 5. The average Bonchev–Trinajstić information content (AvgIpc) is 2.77. The molecule has 20 heavy (non-hydrogen) atoms. The van der Waals surface area contributed by atoms with Gasteiger partial charge in [-0.05, 0) is 37.1 Å². The van der Waals surface area contributed by atoms with Gasteiger partial charge in [-0.3, -0.25) is 0 Å². The van der Waals surface area contributed by atoms with Crippen LogP contribution in [0.3, 0.4) is 0 Å². The van der Waals surface area contributed by atoms with Crippen molar-refractivity contribution in [3.05, 3.63) is 29.3 Å². The molecular weight excluding hydrogens is 258 g/mol. The van der Waals surface area contributed by atoms with E-state index in [9.17, 15) is 4.79 Å². The quantitative estimate of drug-likeness (QED) is 0.612. The molecule has 5 heteroatoms. The highest BCUT2D eigenvalue weighted by Crippen LogP contribution is 2.29. The largest absolute Gasteiger partial charge is 0.493 e. The number of benzene rings is 1. The van der Waals surface area contributed by atoms with Gasteiger partial charge in [0.1, 0.15) is 0 Å². The van der Waals surface area contributed by atoms with Crippen LogP contribution in [0, 0.1) is 0 Å². The lowest BCUT2D eigenvalue weighted by Gasteiger charge is -2.10. The highest BCUT2D eigenvalue weighted by Gasteiger charge is 2.21. The second-order valence-corrected chi connectivity index (χ2v) is 4.37. The summed E-state index contributed by atoms with van der Waals surface area (Å²) in [5.41, 5.74) is 1.85. The van der Waals surface area contributed by atoms with E-state index in [4.69, 9.17) is 9.47 Å². The molecule has 2 rings (SSSR count). The Morgan fingerprint density at radius 2 is 2.15 bits per heavy atom. The summed E-state index contributed by atoms with van der Waals surface area (Å²) >= 11 is 0. The zero-order valence-electron chi connectivity index (χ0n) is 11.8. The number of oxime groups is 1. The van der Waals surface area contributed by atoms with Crippen molar-refractivity contribution in [2.45, 2.75) is 20.3 Å². The zero-order chi connectivity index (χ0) is 14.5. The Labute approximate surface area is 117 Å². The maximum absolute atomic E-state index is 11.5. The Hall–Kier alpha value is -2.30. The minimum absolute atomic E-state index is 0.437. The van der Waals surface area contributed by atoms with Gasteiger partial charge in [-0.2, -0.15) is 0 Å². The molecule has 1 aromatic carbocycles. The number of carbonyl (C=O) groups excluding carboxylic acids is 1. The number of hydrogen-bond acceptors (Lipinski definition) is 5. The van der Waals surface area contributed by atoms with E-state index in [1.165, 1.54) is 0 Å². The molecule has 0 aliphatic carbocycles. The van der Waals surface area contributed by atoms with Gasteiger partial charge in [0.05, 0.1) is 25.0 Å². The van der Waals surface area contributed by atoms with Gasteiger partial charge in [-0.1, -0.05) is 18.1 Å². The van der Waals surface area contributed by atoms with E-state index in [1.807, 2.05) is 25.1 Å². The van der Waals surface area contributed by atoms with E-state index in [1.54, 1.807) is 20.1 Å². The lowest BCUT2D eigenvalue weighted by molar-refractivity contribution is -0.136. The number of carbonyl (C=O) groups is 1. The fourth-order valence-corrected chi connectivity index (χ4v) is 1.79. The van der Waals surface area contributed by atoms with Crippen molar-refractivity contribution in [3.8, 4) is 11.5 Å². The summed E-state index contributed by atoms with van der Waals surface area (Å²) in [6, 6.07) is 5.50. The SMILES string of the molecule is CCCOc1ccc(/C=C2/C(=O)ON=C2C)cc1OC. The molecule has 0 bridgehead atoms. The Bertz CT molecular complexity index is 575. The number of hydrogen-bond donors (Lipinski definition) is 0. The first-order chi connectivity index (χ1) is 9.65. The van der Waals surface area contributed by atoms with Crippen molar-refractivity contribution >= 4 is 17.8 Å². The minimum atomic E-state index is -0.437. The first-order valence-corrected chi connectivity index (χ1v) is 6.44.